The Balaban J connectivity index is 1.46. The summed E-state index contributed by atoms with van der Waals surface area (Å²) in [5, 5.41) is 2.83. The maximum atomic E-state index is 13.7. The highest BCUT2D eigenvalue weighted by Gasteiger charge is 2.37. The molecule has 1 aromatic heterocycles. The van der Waals surface area contributed by atoms with Gasteiger partial charge in [-0.3, -0.25) is 18.5 Å². The molecule has 0 fully saturated rings. The highest BCUT2D eigenvalue weighted by atomic mass is 32.2. The summed E-state index contributed by atoms with van der Waals surface area (Å²) in [7, 11) is -2.50. The van der Waals surface area contributed by atoms with Crippen molar-refractivity contribution in [3.05, 3.63) is 75.9 Å². The third kappa shape index (κ3) is 4.63. The molecule has 1 amide bonds. The summed E-state index contributed by atoms with van der Waals surface area (Å²) in [5.74, 6) is 0.336. The van der Waals surface area contributed by atoms with Crippen LogP contribution in [0.25, 0.3) is 10.2 Å². The topological polar surface area (TPSA) is 107 Å². The van der Waals surface area contributed by atoms with E-state index in [-0.39, 0.29) is 22.4 Å². The molecule has 0 radical (unpaired) electrons. The Labute approximate surface area is 224 Å². The van der Waals surface area contributed by atoms with Crippen molar-refractivity contribution >= 4 is 48.9 Å². The van der Waals surface area contributed by atoms with E-state index in [1.54, 1.807) is 53.1 Å². The first-order chi connectivity index (χ1) is 18.1. The molecule has 0 saturated carbocycles. The van der Waals surface area contributed by atoms with Gasteiger partial charge in [-0.2, -0.15) is 0 Å². The number of rotatable bonds is 6. The number of carbonyl (C=O) groups is 1. The molecule has 1 N–H and O–H groups in total. The van der Waals surface area contributed by atoms with Crippen molar-refractivity contribution in [1.82, 2.24) is 4.57 Å². The summed E-state index contributed by atoms with van der Waals surface area (Å²) in [5.41, 5.74) is 2.50. The van der Waals surface area contributed by atoms with E-state index in [0.717, 1.165) is 27.1 Å². The lowest BCUT2D eigenvalue weighted by Gasteiger charge is -2.35. The first-order valence-corrected chi connectivity index (χ1v) is 14.2. The van der Waals surface area contributed by atoms with Crippen LogP contribution in [0.2, 0.25) is 0 Å². The molecule has 0 saturated heterocycles. The lowest BCUT2D eigenvalue weighted by Crippen LogP contribution is -2.48. The number of hydrogen-bond acceptors (Lipinski definition) is 7. The molecule has 5 rings (SSSR count). The van der Waals surface area contributed by atoms with Crippen LogP contribution in [0.1, 0.15) is 25.5 Å². The van der Waals surface area contributed by atoms with Crippen molar-refractivity contribution in [2.45, 2.75) is 37.8 Å². The number of fused-ring (bicyclic) bond motifs is 2. The normalized spacial score (nSPS) is 15.3. The van der Waals surface area contributed by atoms with E-state index in [4.69, 9.17) is 9.47 Å². The van der Waals surface area contributed by atoms with E-state index in [1.807, 2.05) is 20.8 Å². The summed E-state index contributed by atoms with van der Waals surface area (Å²) >= 11 is 1.11. The van der Waals surface area contributed by atoms with Gasteiger partial charge in [-0.1, -0.05) is 17.4 Å². The molecule has 0 spiro atoms. The second-order valence-corrected chi connectivity index (χ2v) is 12.1. The number of carbonyl (C=O) groups excluding carboxylic acids is 1. The molecule has 9 nitrogen and oxygen atoms in total. The molecule has 3 aromatic carbocycles. The van der Waals surface area contributed by atoms with Gasteiger partial charge in [0.05, 0.1) is 34.5 Å². The Bertz CT molecular complexity index is 1690. The van der Waals surface area contributed by atoms with E-state index in [9.17, 15) is 18.0 Å². The smallest absolute Gasteiger partial charge is 0.308 e. The molecule has 11 heteroatoms. The number of thiazole rings is 1. The summed E-state index contributed by atoms with van der Waals surface area (Å²) in [6.45, 7) is 5.53. The van der Waals surface area contributed by atoms with Crippen molar-refractivity contribution in [2.24, 2.45) is 0 Å². The van der Waals surface area contributed by atoms with E-state index in [0.29, 0.717) is 22.9 Å². The Morgan fingerprint density at radius 3 is 2.53 bits per heavy atom. The summed E-state index contributed by atoms with van der Waals surface area (Å²) in [6.07, 6.45) is -1.10. The summed E-state index contributed by atoms with van der Waals surface area (Å²) in [6, 6.07) is 16.5. The number of amides is 1. The molecule has 198 valence electrons. The maximum absolute atomic E-state index is 13.7. The van der Waals surface area contributed by atoms with Crippen LogP contribution < -0.4 is 24.0 Å². The van der Waals surface area contributed by atoms with E-state index < -0.39 is 22.0 Å². The molecule has 2 heterocycles. The lowest BCUT2D eigenvalue weighted by atomic mass is 10.1. The van der Waals surface area contributed by atoms with Crippen molar-refractivity contribution in [3.63, 3.8) is 0 Å². The predicted molar refractivity (Wildman–Crippen MR) is 148 cm³/mol. The standard InChI is InChI=1S/C27H27N3O6S2/c1-16(2)30-22-12-6-18(14-25(22)37-27(30)32)28-26(31)24-15-29(21-11-5-17(3)13-23(21)36-24)38(33,34)20-9-7-19(35-4)8-10-20/h5-14,16,24H,15H2,1-4H3,(H,28,31)/t24-/m0/s1. The minimum Gasteiger partial charge on any atom is -0.497 e. The number of methoxy groups -OCH3 is 1. The minimum atomic E-state index is -4.01. The molecular weight excluding hydrogens is 526 g/mol. The first kappa shape index (κ1) is 25.8. The zero-order valence-corrected chi connectivity index (χ0v) is 22.9. The van der Waals surface area contributed by atoms with Gasteiger partial charge < -0.3 is 14.8 Å². The van der Waals surface area contributed by atoms with Crippen molar-refractivity contribution < 1.29 is 22.7 Å². The Morgan fingerprint density at radius 2 is 1.84 bits per heavy atom. The largest absolute Gasteiger partial charge is 0.497 e. The molecule has 4 aromatic rings. The van der Waals surface area contributed by atoms with Crippen LogP contribution in [0.4, 0.5) is 11.4 Å². The Hall–Kier alpha value is -3.83. The van der Waals surface area contributed by atoms with Gasteiger partial charge in [0.15, 0.2) is 6.10 Å². The fourth-order valence-electron chi connectivity index (χ4n) is 4.43. The van der Waals surface area contributed by atoms with Gasteiger partial charge in [-0.25, -0.2) is 8.42 Å². The first-order valence-electron chi connectivity index (χ1n) is 12.0. The molecule has 0 bridgehead atoms. The van der Waals surface area contributed by atoms with E-state index >= 15 is 0 Å². The average Bonchev–Trinajstić information content (AvgIpc) is 3.22. The number of benzene rings is 3. The number of anilines is 2. The fraction of sp³-hybridized carbons (Fsp3) is 0.259. The van der Waals surface area contributed by atoms with Gasteiger partial charge in [0, 0.05) is 11.7 Å². The molecule has 0 aliphatic carbocycles. The number of nitrogens with one attached hydrogen (secondary N) is 1. The van der Waals surface area contributed by atoms with Crippen LogP contribution in [0, 0.1) is 6.92 Å². The SMILES string of the molecule is COc1ccc(S(=O)(=O)N2C[C@@H](C(=O)Nc3ccc4c(c3)sc(=O)n4C(C)C)Oc3cc(C)ccc32)cc1. The van der Waals surface area contributed by atoms with Gasteiger partial charge in [0.25, 0.3) is 15.9 Å². The second-order valence-electron chi connectivity index (χ2n) is 9.29. The molecule has 1 aliphatic rings. The molecular formula is C27H27N3O6S2. The average molecular weight is 554 g/mol. The number of hydrogen-bond donors (Lipinski definition) is 1. The van der Waals surface area contributed by atoms with Crippen molar-refractivity contribution in [2.75, 3.05) is 23.3 Å². The minimum absolute atomic E-state index is 0.00879. The van der Waals surface area contributed by atoms with Crippen LogP contribution >= 0.6 is 11.3 Å². The number of nitrogens with zero attached hydrogens (tertiary/aromatic N) is 2. The van der Waals surface area contributed by atoms with E-state index in [2.05, 4.69) is 5.32 Å². The van der Waals surface area contributed by atoms with Gasteiger partial charge in [-0.05, 0) is 80.9 Å². The van der Waals surface area contributed by atoms with Crippen LogP contribution in [-0.4, -0.2) is 38.7 Å². The Morgan fingerprint density at radius 1 is 1.11 bits per heavy atom. The lowest BCUT2D eigenvalue weighted by molar-refractivity contribution is -0.122. The van der Waals surface area contributed by atoms with Crippen molar-refractivity contribution in [1.29, 1.82) is 0 Å². The van der Waals surface area contributed by atoms with Crippen LogP contribution in [0.3, 0.4) is 0 Å². The van der Waals surface area contributed by atoms with Gasteiger partial charge in [0.2, 0.25) is 0 Å². The van der Waals surface area contributed by atoms with Crippen LogP contribution in [0.5, 0.6) is 11.5 Å². The van der Waals surface area contributed by atoms with Crippen molar-refractivity contribution in [3.8, 4) is 11.5 Å². The highest BCUT2D eigenvalue weighted by molar-refractivity contribution is 7.92. The Kier molecular flexibility index (Phi) is 6.66. The zero-order valence-electron chi connectivity index (χ0n) is 21.3. The summed E-state index contributed by atoms with van der Waals surface area (Å²) < 4.78 is 42.1. The van der Waals surface area contributed by atoms with Crippen LogP contribution in [0.15, 0.2) is 70.4 Å². The summed E-state index contributed by atoms with van der Waals surface area (Å²) in [4.78, 5) is 25.7. The molecule has 1 aliphatic heterocycles. The van der Waals surface area contributed by atoms with Gasteiger partial charge in [0.1, 0.15) is 11.5 Å². The molecule has 38 heavy (non-hydrogen) atoms. The fourth-order valence-corrected chi connectivity index (χ4v) is 6.95. The quantitative estimate of drug-likeness (QED) is 0.375. The molecule has 0 unspecified atom stereocenters. The molecule has 1 atom stereocenters. The monoisotopic (exact) mass is 553 g/mol. The maximum Gasteiger partial charge on any atom is 0.308 e. The number of ether oxygens (including phenoxy) is 2. The van der Waals surface area contributed by atoms with Gasteiger partial charge >= 0.3 is 4.87 Å². The van der Waals surface area contributed by atoms with E-state index in [1.165, 1.54) is 23.5 Å². The van der Waals surface area contributed by atoms with Crippen LogP contribution in [-0.2, 0) is 14.8 Å². The number of aromatic nitrogens is 1. The second kappa shape index (κ2) is 9.80. The van der Waals surface area contributed by atoms with Gasteiger partial charge in [-0.15, -0.1) is 0 Å². The number of sulfonamides is 1. The zero-order chi connectivity index (χ0) is 27.2. The third-order valence-corrected chi connectivity index (χ3v) is 9.03. The predicted octanol–water partition coefficient (Wildman–Crippen LogP) is 4.56. The number of aryl methyl sites for hydroxylation is 1. The highest BCUT2D eigenvalue weighted by Crippen LogP contribution is 2.38. The third-order valence-electron chi connectivity index (χ3n) is 6.32.